The second-order valence-corrected chi connectivity index (χ2v) is 19.6. The number of nitrogens with zero attached hydrogens (tertiary/aromatic N) is 2. The third-order valence-electron chi connectivity index (χ3n) is 12.0. The molecular formula is C43H53N5O9S. The summed E-state index contributed by atoms with van der Waals surface area (Å²) in [6.07, 6.45) is 4.24. The second kappa shape index (κ2) is 15.5. The lowest BCUT2D eigenvalue weighted by Gasteiger charge is -2.35. The van der Waals surface area contributed by atoms with Gasteiger partial charge in [0.15, 0.2) is 0 Å². The fraction of sp³-hybridized carbons (Fsp3) is 0.512. The average Bonchev–Trinajstić information content (AvgIpc) is 3.97. The van der Waals surface area contributed by atoms with E-state index >= 15 is 0 Å². The minimum absolute atomic E-state index is 0.0222. The summed E-state index contributed by atoms with van der Waals surface area (Å²) in [4.78, 5) is 62.5. The fourth-order valence-electron chi connectivity index (χ4n) is 7.95. The normalized spacial score (nSPS) is 24.4. The topological polar surface area (TPSA) is 182 Å². The number of methoxy groups -OCH3 is 1. The molecular weight excluding hydrogens is 763 g/mol. The summed E-state index contributed by atoms with van der Waals surface area (Å²) in [5, 5.41) is 6.32. The summed E-state index contributed by atoms with van der Waals surface area (Å²) >= 11 is 0. The molecule has 310 valence electrons. The van der Waals surface area contributed by atoms with Crippen LogP contribution in [-0.4, -0.2) is 90.3 Å². The van der Waals surface area contributed by atoms with E-state index in [2.05, 4.69) is 21.9 Å². The number of hydrogen-bond donors (Lipinski definition) is 3. The minimum Gasteiger partial charge on any atom is -0.497 e. The van der Waals surface area contributed by atoms with Crippen molar-refractivity contribution in [2.24, 2.45) is 11.3 Å². The van der Waals surface area contributed by atoms with Crippen molar-refractivity contribution in [1.82, 2.24) is 25.2 Å². The molecule has 4 aliphatic rings. The maximum atomic E-state index is 14.8. The lowest BCUT2D eigenvalue weighted by atomic mass is 9.85. The lowest BCUT2D eigenvalue weighted by molar-refractivity contribution is -0.143. The van der Waals surface area contributed by atoms with Crippen LogP contribution in [0.2, 0.25) is 0 Å². The van der Waals surface area contributed by atoms with Crippen LogP contribution >= 0.6 is 0 Å². The molecule has 1 unspecified atom stereocenters. The molecule has 1 aromatic heterocycles. The van der Waals surface area contributed by atoms with Crippen molar-refractivity contribution in [3.05, 3.63) is 67.3 Å². The van der Waals surface area contributed by atoms with Crippen LogP contribution in [0, 0.1) is 11.3 Å². The van der Waals surface area contributed by atoms with Crippen molar-refractivity contribution in [2.75, 3.05) is 13.7 Å². The molecule has 0 radical (unpaired) electrons. The summed E-state index contributed by atoms with van der Waals surface area (Å²) in [5.41, 5.74) is -0.288. The second-order valence-electron chi connectivity index (χ2n) is 17.4. The quantitative estimate of drug-likeness (QED) is 0.189. The van der Waals surface area contributed by atoms with Crippen molar-refractivity contribution in [3.63, 3.8) is 0 Å². The van der Waals surface area contributed by atoms with Gasteiger partial charge in [0.1, 0.15) is 41.3 Å². The summed E-state index contributed by atoms with van der Waals surface area (Å²) in [6.45, 7) is 10.8. The number of rotatable bonds is 13. The first-order valence-corrected chi connectivity index (χ1v) is 21.4. The van der Waals surface area contributed by atoms with Crippen LogP contribution in [0.3, 0.4) is 0 Å². The standard InChI is InChI=1S/C43H53N5O9S/c1-7-27-24-43(27,39(51)47-58(53,54)42(5)19-20-42)46-37(49)34-22-30(25-48(34)38(50)36(41(2,3)4)45-40(52)57-28-15-11-12-16-28)56-35-23-32(26-13-9-8-10-14-26)44-33-21-29(55-6)17-18-31(33)35/h7-10,13-14,17-18,21,23,27-28,30,34,36H,1,11-12,15-16,19-20,22,24-25H2,2-6H3,(H,45,52)(H,46,49)(H,47,51)/t27?,30-,34+,36-,43-/m1/s1. The summed E-state index contributed by atoms with van der Waals surface area (Å²) < 4.78 is 45.3. The van der Waals surface area contributed by atoms with Crippen LogP contribution in [0.15, 0.2) is 67.3 Å². The van der Waals surface area contributed by atoms with Crippen molar-refractivity contribution < 1.29 is 41.8 Å². The van der Waals surface area contributed by atoms with Crippen molar-refractivity contribution >= 4 is 44.7 Å². The molecule has 1 aliphatic heterocycles. The third-order valence-corrected chi connectivity index (χ3v) is 14.2. The van der Waals surface area contributed by atoms with Gasteiger partial charge in [0.05, 0.1) is 29.6 Å². The van der Waals surface area contributed by atoms with Crippen molar-refractivity contribution in [1.29, 1.82) is 0 Å². The fourth-order valence-corrected chi connectivity index (χ4v) is 9.27. The van der Waals surface area contributed by atoms with Gasteiger partial charge in [-0.05, 0) is 69.4 Å². The Labute approximate surface area is 339 Å². The molecule has 7 rings (SSSR count). The van der Waals surface area contributed by atoms with E-state index in [0.717, 1.165) is 31.2 Å². The predicted molar refractivity (Wildman–Crippen MR) is 217 cm³/mol. The number of benzene rings is 2. The molecule has 15 heteroatoms. The Hall–Kier alpha value is -5.18. The molecule has 3 aliphatic carbocycles. The molecule has 4 amide bonds. The lowest BCUT2D eigenvalue weighted by Crippen LogP contribution is -2.60. The van der Waals surface area contributed by atoms with Gasteiger partial charge in [0.25, 0.3) is 5.91 Å². The molecule has 3 saturated carbocycles. The molecule has 4 fully saturated rings. The third kappa shape index (κ3) is 8.23. The largest absolute Gasteiger partial charge is 0.497 e. The van der Waals surface area contributed by atoms with E-state index in [0.29, 0.717) is 40.9 Å². The van der Waals surface area contributed by atoms with Gasteiger partial charge in [-0.3, -0.25) is 19.1 Å². The van der Waals surface area contributed by atoms with Gasteiger partial charge in [0, 0.05) is 35.4 Å². The van der Waals surface area contributed by atoms with Gasteiger partial charge in [-0.2, -0.15) is 0 Å². The van der Waals surface area contributed by atoms with E-state index < -0.39 is 73.6 Å². The van der Waals surface area contributed by atoms with Crippen LogP contribution in [0.4, 0.5) is 4.79 Å². The molecule has 58 heavy (non-hydrogen) atoms. The number of alkyl carbamates (subject to hydrolysis) is 1. The first-order valence-electron chi connectivity index (χ1n) is 20.0. The number of carbonyl (C=O) groups is 4. The van der Waals surface area contributed by atoms with E-state index in [-0.39, 0.29) is 25.5 Å². The van der Waals surface area contributed by atoms with Crippen LogP contribution in [-0.2, 0) is 29.1 Å². The summed E-state index contributed by atoms with van der Waals surface area (Å²) in [5.74, 6) is -1.51. The van der Waals surface area contributed by atoms with Gasteiger partial charge in [0.2, 0.25) is 21.8 Å². The molecule has 14 nitrogen and oxygen atoms in total. The Morgan fingerprint density at radius 2 is 1.72 bits per heavy atom. The zero-order chi connectivity index (χ0) is 41.6. The number of carbonyl (C=O) groups excluding carboxylic acids is 4. The number of ether oxygens (including phenoxy) is 3. The number of nitrogens with one attached hydrogen (secondary N) is 3. The van der Waals surface area contributed by atoms with Crippen molar-refractivity contribution in [2.45, 2.75) is 114 Å². The number of pyridine rings is 1. The Morgan fingerprint density at radius 1 is 1.02 bits per heavy atom. The minimum atomic E-state index is -4.01. The highest BCUT2D eigenvalue weighted by Gasteiger charge is 2.63. The number of fused-ring (bicyclic) bond motifs is 1. The maximum Gasteiger partial charge on any atom is 0.408 e. The number of likely N-dealkylation sites (tertiary alicyclic amines) is 1. The van der Waals surface area contributed by atoms with E-state index in [1.807, 2.05) is 63.2 Å². The molecule has 0 bridgehead atoms. The Balaban J connectivity index is 1.21. The van der Waals surface area contributed by atoms with Gasteiger partial charge >= 0.3 is 6.09 Å². The van der Waals surface area contributed by atoms with E-state index in [1.165, 1.54) is 11.0 Å². The first kappa shape index (κ1) is 41.0. The van der Waals surface area contributed by atoms with Gasteiger partial charge < -0.3 is 29.7 Å². The smallest absolute Gasteiger partial charge is 0.408 e. The zero-order valence-electron chi connectivity index (χ0n) is 33.7. The number of amides is 4. The molecule has 3 N–H and O–H groups in total. The zero-order valence-corrected chi connectivity index (χ0v) is 34.5. The number of aromatic nitrogens is 1. The first-order chi connectivity index (χ1) is 27.5. The molecule has 0 spiro atoms. The van der Waals surface area contributed by atoms with Gasteiger partial charge in [-0.1, -0.05) is 57.2 Å². The van der Waals surface area contributed by atoms with Gasteiger partial charge in [-0.25, -0.2) is 18.2 Å². The average molecular weight is 816 g/mol. The van der Waals surface area contributed by atoms with Crippen LogP contribution in [0.5, 0.6) is 11.5 Å². The highest BCUT2D eigenvalue weighted by Crippen LogP contribution is 2.47. The summed E-state index contributed by atoms with van der Waals surface area (Å²) in [7, 11) is -2.44. The molecule has 3 aromatic rings. The van der Waals surface area contributed by atoms with E-state index in [9.17, 15) is 27.6 Å². The van der Waals surface area contributed by atoms with E-state index in [1.54, 1.807) is 26.2 Å². The van der Waals surface area contributed by atoms with E-state index in [4.69, 9.17) is 19.2 Å². The molecule has 2 heterocycles. The Bertz CT molecular complexity index is 2220. The predicted octanol–water partition coefficient (Wildman–Crippen LogP) is 5.40. The monoisotopic (exact) mass is 815 g/mol. The summed E-state index contributed by atoms with van der Waals surface area (Å²) in [6, 6.07) is 14.6. The van der Waals surface area contributed by atoms with Crippen LogP contribution in [0.1, 0.15) is 79.1 Å². The Kier molecular flexibility index (Phi) is 11.0. The maximum absolute atomic E-state index is 14.8. The van der Waals surface area contributed by atoms with Crippen LogP contribution < -0.4 is 24.8 Å². The Morgan fingerprint density at radius 3 is 2.34 bits per heavy atom. The molecule has 5 atom stereocenters. The van der Waals surface area contributed by atoms with Crippen LogP contribution in [0.25, 0.3) is 22.2 Å². The molecule has 1 saturated heterocycles. The highest BCUT2D eigenvalue weighted by atomic mass is 32.2. The number of hydrogen-bond acceptors (Lipinski definition) is 10. The van der Waals surface area contributed by atoms with Crippen molar-refractivity contribution in [3.8, 4) is 22.8 Å². The number of sulfonamides is 1. The highest BCUT2D eigenvalue weighted by molar-refractivity contribution is 7.91. The SMILES string of the molecule is C=CC1C[C@]1(NC(=O)[C@@H]1C[C@@H](Oc2cc(-c3ccccc3)nc3cc(OC)ccc23)CN1C(=O)[C@@H](NC(=O)OC1CCCC1)C(C)(C)C)C(=O)NS(=O)(=O)C1(C)CC1. The van der Waals surface area contributed by atoms with Gasteiger partial charge in [-0.15, -0.1) is 6.58 Å². The molecule has 2 aromatic carbocycles.